The van der Waals surface area contributed by atoms with Gasteiger partial charge < -0.3 is 15.0 Å². The van der Waals surface area contributed by atoms with Crippen LogP contribution in [-0.4, -0.2) is 41.5 Å². The monoisotopic (exact) mass is 422 g/mol. The fourth-order valence-electron chi connectivity index (χ4n) is 3.39. The van der Waals surface area contributed by atoms with Gasteiger partial charge in [0.15, 0.2) is 0 Å². The van der Waals surface area contributed by atoms with Crippen LogP contribution in [0.25, 0.3) is 0 Å². The molecule has 0 aromatic carbocycles. The second-order valence-electron chi connectivity index (χ2n) is 8.37. The van der Waals surface area contributed by atoms with Gasteiger partial charge in [0.05, 0.1) is 12.2 Å². The lowest BCUT2D eigenvalue weighted by Crippen LogP contribution is -2.54. The summed E-state index contributed by atoms with van der Waals surface area (Å²) in [7, 11) is 0. The molecule has 1 aromatic rings. The zero-order valence-corrected chi connectivity index (χ0v) is 17.7. The molecule has 0 unspecified atom stereocenters. The first-order valence-corrected chi connectivity index (χ1v) is 9.82. The molecular weight excluding hydrogens is 396 g/mol. The number of hydrogen-bond acceptors (Lipinski definition) is 5. The molecule has 0 atom stereocenters. The van der Waals surface area contributed by atoms with Crippen LogP contribution in [0.2, 0.25) is 0 Å². The van der Waals surface area contributed by atoms with Gasteiger partial charge in [-0.1, -0.05) is 0 Å². The van der Waals surface area contributed by atoms with E-state index >= 15 is 0 Å². The molecule has 1 amide bonds. The maximum absolute atomic E-state index is 12.1. The summed E-state index contributed by atoms with van der Waals surface area (Å²) in [5, 5.41) is 3.05. The van der Waals surface area contributed by atoms with Crippen LogP contribution in [-0.2, 0) is 11.3 Å². The number of rotatable bonds is 2. The van der Waals surface area contributed by atoms with Gasteiger partial charge in [0, 0.05) is 40.4 Å². The number of nitrogens with zero attached hydrogens (tertiary/aromatic N) is 3. The maximum atomic E-state index is 12.1. The van der Waals surface area contributed by atoms with Crippen molar-refractivity contribution in [2.45, 2.75) is 65.1 Å². The molecule has 26 heavy (non-hydrogen) atoms. The molecule has 0 saturated carbocycles. The number of alkyl carbamates (subject to hydrolysis) is 1. The number of aromatic nitrogens is 1. The van der Waals surface area contributed by atoms with Gasteiger partial charge in [-0.05, 0) is 63.4 Å². The first-order chi connectivity index (χ1) is 12.1. The van der Waals surface area contributed by atoms with Gasteiger partial charge in [-0.15, -0.1) is 0 Å². The average Bonchev–Trinajstić information content (AvgIpc) is 2.99. The van der Waals surface area contributed by atoms with E-state index < -0.39 is 5.60 Å². The molecule has 142 valence electrons. The number of ether oxygens (including phenoxy) is 1. The summed E-state index contributed by atoms with van der Waals surface area (Å²) in [5.41, 5.74) is 2.57. The van der Waals surface area contributed by atoms with Crippen molar-refractivity contribution >= 4 is 34.1 Å². The fourth-order valence-corrected chi connectivity index (χ4v) is 3.81. The molecule has 7 heteroatoms. The Kier molecular flexibility index (Phi) is 5.03. The molecule has 1 N–H and O–H groups in total. The van der Waals surface area contributed by atoms with Gasteiger partial charge in [-0.2, -0.15) is 0 Å². The van der Waals surface area contributed by atoms with Gasteiger partial charge in [0.1, 0.15) is 11.4 Å². The minimum atomic E-state index is -0.486. The number of nitrogens with one attached hydrogen (secondary N) is 1. The molecule has 1 fully saturated rings. The molecule has 6 nitrogen and oxygen atoms in total. The molecule has 2 aliphatic heterocycles. The Bertz CT molecular complexity index is 747. The maximum Gasteiger partial charge on any atom is 0.408 e. The third kappa shape index (κ3) is 4.03. The van der Waals surface area contributed by atoms with Crippen LogP contribution >= 0.6 is 15.9 Å². The van der Waals surface area contributed by atoms with Gasteiger partial charge in [0.25, 0.3) is 0 Å². The normalized spacial score (nSPS) is 18.6. The van der Waals surface area contributed by atoms with E-state index in [4.69, 9.17) is 9.72 Å². The number of pyridine rings is 1. The molecule has 3 rings (SSSR count). The molecule has 2 aliphatic rings. The van der Waals surface area contributed by atoms with Crippen molar-refractivity contribution in [1.29, 1.82) is 0 Å². The van der Waals surface area contributed by atoms with Gasteiger partial charge in [-0.25, -0.2) is 9.78 Å². The highest BCUT2D eigenvalue weighted by Crippen LogP contribution is 2.35. The summed E-state index contributed by atoms with van der Waals surface area (Å²) in [5.74, 6) is 1.00. The molecule has 0 radical (unpaired) electrons. The van der Waals surface area contributed by atoms with Crippen LogP contribution in [0.3, 0.4) is 0 Å². The van der Waals surface area contributed by atoms with Crippen molar-refractivity contribution in [3.05, 3.63) is 21.3 Å². The van der Waals surface area contributed by atoms with Gasteiger partial charge in [-0.3, -0.25) is 4.99 Å². The number of aryl methyl sites for hydroxylation is 1. The Labute approximate surface area is 163 Å². The van der Waals surface area contributed by atoms with Crippen LogP contribution in [0.4, 0.5) is 10.6 Å². The highest BCUT2D eigenvalue weighted by molar-refractivity contribution is 9.10. The van der Waals surface area contributed by atoms with E-state index in [0.29, 0.717) is 6.54 Å². The van der Waals surface area contributed by atoms with E-state index in [0.717, 1.165) is 47.5 Å². The molecule has 1 aromatic heterocycles. The van der Waals surface area contributed by atoms with E-state index in [1.54, 1.807) is 0 Å². The second kappa shape index (κ2) is 6.83. The second-order valence-corrected chi connectivity index (χ2v) is 9.16. The Morgan fingerprint density at radius 2 is 2.00 bits per heavy atom. The number of carbonyl (C=O) groups excluding carboxylic acids is 1. The first-order valence-electron chi connectivity index (χ1n) is 9.03. The number of piperidine rings is 1. The Morgan fingerprint density at radius 3 is 2.62 bits per heavy atom. The topological polar surface area (TPSA) is 66.8 Å². The first kappa shape index (κ1) is 19.1. The number of hydrogen-bond donors (Lipinski definition) is 1. The van der Waals surface area contributed by atoms with Crippen LogP contribution in [0, 0.1) is 6.92 Å². The van der Waals surface area contributed by atoms with Crippen molar-refractivity contribution in [2.24, 2.45) is 4.99 Å². The third-order valence-electron chi connectivity index (χ3n) is 4.86. The quantitative estimate of drug-likeness (QED) is 0.782. The van der Waals surface area contributed by atoms with E-state index in [2.05, 4.69) is 38.1 Å². The Hall–Kier alpha value is -1.63. The van der Waals surface area contributed by atoms with E-state index in [1.807, 2.05) is 33.9 Å². The summed E-state index contributed by atoms with van der Waals surface area (Å²) in [6, 6.07) is 0. The lowest BCUT2D eigenvalue weighted by molar-refractivity contribution is 0.0448. The minimum absolute atomic E-state index is 0.263. The molecule has 0 bridgehead atoms. The fraction of sp³-hybridized carbons (Fsp3) is 0.632. The Balaban J connectivity index is 1.70. The van der Waals surface area contributed by atoms with E-state index in [1.165, 1.54) is 5.56 Å². The van der Waals surface area contributed by atoms with Crippen molar-refractivity contribution in [1.82, 2.24) is 10.3 Å². The number of carbonyl (C=O) groups is 1. The highest BCUT2D eigenvalue weighted by Gasteiger charge is 2.34. The number of halogens is 1. The van der Waals surface area contributed by atoms with E-state index in [-0.39, 0.29) is 11.6 Å². The molecule has 1 saturated heterocycles. The number of fused-ring (bicyclic) bond motifs is 1. The average molecular weight is 423 g/mol. The smallest absolute Gasteiger partial charge is 0.408 e. The van der Waals surface area contributed by atoms with Gasteiger partial charge in [0.2, 0.25) is 0 Å². The summed E-state index contributed by atoms with van der Waals surface area (Å²) in [4.78, 5) is 23.7. The zero-order chi connectivity index (χ0) is 19.1. The van der Waals surface area contributed by atoms with Crippen LogP contribution in [0.1, 0.15) is 57.4 Å². The summed E-state index contributed by atoms with van der Waals surface area (Å²) >= 11 is 3.64. The summed E-state index contributed by atoms with van der Waals surface area (Å²) in [6.07, 6.45) is 3.26. The lowest BCUT2D eigenvalue weighted by Gasteiger charge is -2.41. The zero-order valence-electron chi connectivity index (χ0n) is 16.1. The molecular formula is C19H27BrN4O2. The van der Waals surface area contributed by atoms with Crippen LogP contribution < -0.4 is 10.2 Å². The largest absolute Gasteiger partial charge is 0.444 e. The molecule has 0 aliphatic carbocycles. The van der Waals surface area contributed by atoms with Crippen LogP contribution in [0.5, 0.6) is 0 Å². The van der Waals surface area contributed by atoms with Crippen molar-refractivity contribution < 1.29 is 9.53 Å². The summed E-state index contributed by atoms with van der Waals surface area (Å²) in [6.45, 7) is 12.1. The lowest BCUT2D eigenvalue weighted by atomic mass is 9.89. The SMILES string of the molecule is Cc1nc(N2CCC(C)(NC(=O)OC(C)(C)C)CC2)c2c(c1Br)CN=C2. The number of aliphatic imine (C=N–C) groups is 1. The molecule has 3 heterocycles. The molecule has 0 spiro atoms. The Morgan fingerprint density at radius 1 is 1.35 bits per heavy atom. The van der Waals surface area contributed by atoms with Gasteiger partial charge >= 0.3 is 6.09 Å². The van der Waals surface area contributed by atoms with Crippen LogP contribution in [0.15, 0.2) is 9.47 Å². The van der Waals surface area contributed by atoms with Crippen molar-refractivity contribution in [3.8, 4) is 0 Å². The highest BCUT2D eigenvalue weighted by atomic mass is 79.9. The predicted octanol–water partition coefficient (Wildman–Crippen LogP) is 3.97. The standard InChI is InChI=1S/C19H27BrN4O2/c1-12-15(20)13-10-21-11-14(13)16(22-12)24-8-6-19(5,7-9-24)23-17(25)26-18(2,3)4/h11H,6-10H2,1-5H3,(H,23,25). The van der Waals surface area contributed by atoms with Crippen molar-refractivity contribution in [3.63, 3.8) is 0 Å². The third-order valence-corrected chi connectivity index (χ3v) is 5.91. The number of anilines is 1. The summed E-state index contributed by atoms with van der Waals surface area (Å²) < 4.78 is 6.47. The van der Waals surface area contributed by atoms with Crippen molar-refractivity contribution in [2.75, 3.05) is 18.0 Å². The van der Waals surface area contributed by atoms with E-state index in [9.17, 15) is 4.79 Å². The number of amides is 1. The predicted molar refractivity (Wildman–Crippen MR) is 107 cm³/mol. The minimum Gasteiger partial charge on any atom is -0.444 e.